The third-order valence-corrected chi connectivity index (χ3v) is 3.17. The van der Waals surface area contributed by atoms with Crippen LogP contribution in [0.25, 0.3) is 0 Å². The summed E-state index contributed by atoms with van der Waals surface area (Å²) in [5.74, 6) is 0.394. The molecule has 2 nitrogen and oxygen atoms in total. The van der Waals surface area contributed by atoms with Gasteiger partial charge in [-0.15, -0.1) is 0 Å². The van der Waals surface area contributed by atoms with Crippen LogP contribution in [-0.4, -0.2) is 11.6 Å². The summed E-state index contributed by atoms with van der Waals surface area (Å²) in [5, 5.41) is 0. The minimum Gasteiger partial charge on any atom is -0.294 e. The van der Waals surface area contributed by atoms with Crippen LogP contribution in [0, 0.1) is 0 Å². The summed E-state index contributed by atoms with van der Waals surface area (Å²) >= 11 is 0. The molecule has 0 radical (unpaired) electrons. The molecule has 0 atom stereocenters. The van der Waals surface area contributed by atoms with Gasteiger partial charge in [0, 0.05) is 24.0 Å². The summed E-state index contributed by atoms with van der Waals surface area (Å²) in [7, 11) is 0. The van der Waals surface area contributed by atoms with Crippen LogP contribution in [0.2, 0.25) is 0 Å². The van der Waals surface area contributed by atoms with Gasteiger partial charge in [0.25, 0.3) is 0 Å². The van der Waals surface area contributed by atoms with Gasteiger partial charge in [-0.1, -0.05) is 6.07 Å². The van der Waals surface area contributed by atoms with E-state index in [1.54, 1.807) is 0 Å². The highest BCUT2D eigenvalue weighted by molar-refractivity contribution is 6.06. The Morgan fingerprint density at radius 2 is 1.21 bits per heavy atom. The van der Waals surface area contributed by atoms with Crippen molar-refractivity contribution in [3.8, 4) is 0 Å². The molecule has 14 heavy (non-hydrogen) atoms. The summed E-state index contributed by atoms with van der Waals surface area (Å²) in [4.78, 5) is 22.9. The largest absolute Gasteiger partial charge is 0.294 e. The van der Waals surface area contributed by atoms with E-state index in [1.165, 1.54) is 0 Å². The van der Waals surface area contributed by atoms with E-state index in [0.717, 1.165) is 35.1 Å². The number of hydrogen-bond acceptors (Lipinski definition) is 2. The lowest BCUT2D eigenvalue weighted by atomic mass is 10.0. The van der Waals surface area contributed by atoms with Crippen LogP contribution < -0.4 is 0 Å². The SMILES string of the molecule is O=C1CCc2cc3c(cc21)C(=O)CC3. The van der Waals surface area contributed by atoms with E-state index >= 15 is 0 Å². The van der Waals surface area contributed by atoms with E-state index in [0.29, 0.717) is 12.8 Å². The Bertz CT molecular complexity index is 418. The molecule has 0 bridgehead atoms. The van der Waals surface area contributed by atoms with Crippen molar-refractivity contribution in [1.29, 1.82) is 0 Å². The number of carbonyl (C=O) groups excluding carboxylic acids is 2. The van der Waals surface area contributed by atoms with Gasteiger partial charge in [-0.2, -0.15) is 0 Å². The molecule has 0 saturated heterocycles. The molecule has 0 N–H and O–H groups in total. The van der Waals surface area contributed by atoms with E-state index in [-0.39, 0.29) is 11.6 Å². The van der Waals surface area contributed by atoms with Crippen molar-refractivity contribution in [2.24, 2.45) is 0 Å². The normalized spacial score (nSPS) is 18.6. The minimum absolute atomic E-state index is 0.197. The van der Waals surface area contributed by atoms with Gasteiger partial charge in [-0.3, -0.25) is 9.59 Å². The summed E-state index contributed by atoms with van der Waals surface area (Å²) in [5.41, 5.74) is 3.87. The molecule has 0 saturated carbocycles. The molecule has 0 aromatic heterocycles. The number of rotatable bonds is 0. The molecule has 2 heteroatoms. The minimum atomic E-state index is 0.197. The zero-order valence-electron chi connectivity index (χ0n) is 7.80. The van der Waals surface area contributed by atoms with Gasteiger partial charge in [0.2, 0.25) is 0 Å². The third-order valence-electron chi connectivity index (χ3n) is 3.17. The van der Waals surface area contributed by atoms with Gasteiger partial charge in [0.15, 0.2) is 11.6 Å². The Balaban J connectivity index is 2.25. The van der Waals surface area contributed by atoms with Gasteiger partial charge in [0.1, 0.15) is 0 Å². The summed E-state index contributed by atoms with van der Waals surface area (Å²) < 4.78 is 0. The van der Waals surface area contributed by atoms with Crippen molar-refractivity contribution < 1.29 is 9.59 Å². The zero-order valence-corrected chi connectivity index (χ0v) is 7.80. The maximum Gasteiger partial charge on any atom is 0.163 e. The quantitative estimate of drug-likeness (QED) is 0.620. The first kappa shape index (κ1) is 7.92. The van der Waals surface area contributed by atoms with Crippen molar-refractivity contribution in [2.75, 3.05) is 0 Å². The molecule has 2 aliphatic carbocycles. The molecular formula is C12H10O2. The van der Waals surface area contributed by atoms with Crippen LogP contribution in [0.3, 0.4) is 0 Å². The summed E-state index contributed by atoms with van der Waals surface area (Å²) in [6.07, 6.45) is 2.95. The molecule has 0 aliphatic heterocycles. The van der Waals surface area contributed by atoms with E-state index in [9.17, 15) is 9.59 Å². The number of carbonyl (C=O) groups is 2. The average molecular weight is 186 g/mol. The molecule has 70 valence electrons. The second kappa shape index (κ2) is 2.53. The molecule has 0 unspecified atom stereocenters. The Morgan fingerprint density at radius 3 is 1.71 bits per heavy atom. The Kier molecular flexibility index (Phi) is 1.43. The van der Waals surface area contributed by atoms with E-state index < -0.39 is 0 Å². The van der Waals surface area contributed by atoms with Gasteiger partial charge in [-0.25, -0.2) is 0 Å². The highest BCUT2D eigenvalue weighted by atomic mass is 16.1. The number of hydrogen-bond donors (Lipinski definition) is 0. The van der Waals surface area contributed by atoms with Gasteiger partial charge < -0.3 is 0 Å². The van der Waals surface area contributed by atoms with E-state index in [4.69, 9.17) is 0 Å². The first-order valence-electron chi connectivity index (χ1n) is 4.98. The fraction of sp³-hybridized carbons (Fsp3) is 0.333. The van der Waals surface area contributed by atoms with Crippen molar-refractivity contribution in [3.05, 3.63) is 34.4 Å². The van der Waals surface area contributed by atoms with E-state index in [2.05, 4.69) is 6.07 Å². The van der Waals surface area contributed by atoms with Crippen LogP contribution in [0.15, 0.2) is 12.1 Å². The average Bonchev–Trinajstić information content (AvgIpc) is 2.71. The predicted molar refractivity (Wildman–Crippen MR) is 51.7 cm³/mol. The van der Waals surface area contributed by atoms with Crippen LogP contribution in [0.5, 0.6) is 0 Å². The van der Waals surface area contributed by atoms with Gasteiger partial charge in [-0.05, 0) is 30.0 Å². The third kappa shape index (κ3) is 0.910. The maximum atomic E-state index is 11.5. The number of ketones is 2. The second-order valence-corrected chi connectivity index (χ2v) is 4.01. The molecule has 0 amide bonds. The molecule has 1 aromatic rings. The van der Waals surface area contributed by atoms with Crippen LogP contribution in [0.1, 0.15) is 44.7 Å². The molecular weight excluding hydrogens is 176 g/mol. The standard InChI is InChI=1S/C12H10O2/c13-11-3-1-7-5-8-2-4-12(14)10(8)6-9(7)11/h5-6H,1-4H2. The first-order chi connectivity index (χ1) is 6.75. The highest BCUT2D eigenvalue weighted by Gasteiger charge is 2.26. The summed E-state index contributed by atoms with van der Waals surface area (Å²) in [6, 6.07) is 3.87. The monoisotopic (exact) mass is 186 g/mol. The highest BCUT2D eigenvalue weighted by Crippen LogP contribution is 2.30. The Hall–Kier alpha value is -1.44. The Morgan fingerprint density at radius 1 is 0.714 bits per heavy atom. The number of Topliss-reactive ketones (excluding diaryl/α,β-unsaturated/α-hetero) is 2. The van der Waals surface area contributed by atoms with Crippen molar-refractivity contribution in [1.82, 2.24) is 0 Å². The van der Waals surface area contributed by atoms with Crippen LogP contribution in [0.4, 0.5) is 0 Å². The number of benzene rings is 1. The molecule has 2 aliphatic rings. The first-order valence-corrected chi connectivity index (χ1v) is 4.98. The van der Waals surface area contributed by atoms with Gasteiger partial charge >= 0.3 is 0 Å². The lowest BCUT2D eigenvalue weighted by molar-refractivity contribution is 0.0992. The van der Waals surface area contributed by atoms with Crippen molar-refractivity contribution in [2.45, 2.75) is 25.7 Å². The van der Waals surface area contributed by atoms with Crippen molar-refractivity contribution in [3.63, 3.8) is 0 Å². The lowest BCUT2D eigenvalue weighted by Crippen LogP contribution is -1.97. The number of fused-ring (bicyclic) bond motifs is 2. The maximum absolute atomic E-state index is 11.5. The van der Waals surface area contributed by atoms with Crippen LogP contribution >= 0.6 is 0 Å². The second-order valence-electron chi connectivity index (χ2n) is 4.01. The topological polar surface area (TPSA) is 34.1 Å². The van der Waals surface area contributed by atoms with E-state index in [1.807, 2.05) is 6.07 Å². The molecule has 3 rings (SSSR count). The zero-order chi connectivity index (χ0) is 9.71. The molecule has 1 aromatic carbocycles. The number of aryl methyl sites for hydroxylation is 2. The molecule has 0 spiro atoms. The van der Waals surface area contributed by atoms with Crippen molar-refractivity contribution >= 4 is 11.6 Å². The molecule has 0 fully saturated rings. The Labute approximate surface area is 81.9 Å². The van der Waals surface area contributed by atoms with Gasteiger partial charge in [0.05, 0.1) is 0 Å². The lowest BCUT2D eigenvalue weighted by Gasteiger charge is -2.02. The fourth-order valence-electron chi connectivity index (χ4n) is 2.39. The smallest absolute Gasteiger partial charge is 0.163 e. The fourth-order valence-corrected chi connectivity index (χ4v) is 2.39. The summed E-state index contributed by atoms with van der Waals surface area (Å²) in [6.45, 7) is 0. The predicted octanol–water partition coefficient (Wildman–Crippen LogP) is 1.94. The van der Waals surface area contributed by atoms with Crippen LogP contribution in [-0.2, 0) is 12.8 Å². The molecule has 0 heterocycles.